The zero-order valence-electron chi connectivity index (χ0n) is 12.3. The molecule has 7 heteroatoms. The summed E-state index contributed by atoms with van der Waals surface area (Å²) in [7, 11) is 1.85. The fourth-order valence-corrected chi connectivity index (χ4v) is 2.69. The molecule has 0 radical (unpaired) electrons. The maximum atomic E-state index is 12.2. The van der Waals surface area contributed by atoms with Crippen molar-refractivity contribution in [2.45, 2.75) is 19.4 Å². The number of hydrogen-bond donors (Lipinski definition) is 2. The number of aromatic nitrogens is 4. The molecule has 0 aliphatic heterocycles. The first-order valence-electron chi connectivity index (χ1n) is 6.93. The molecule has 0 fully saturated rings. The van der Waals surface area contributed by atoms with Crippen LogP contribution in [0.1, 0.15) is 24.4 Å². The van der Waals surface area contributed by atoms with E-state index in [1.807, 2.05) is 38.4 Å². The van der Waals surface area contributed by atoms with Gasteiger partial charge in [0.15, 0.2) is 5.82 Å². The summed E-state index contributed by atoms with van der Waals surface area (Å²) in [5.74, 6) is 0.658. The number of benzene rings is 1. The van der Waals surface area contributed by atoms with Crippen molar-refractivity contribution in [2.24, 2.45) is 7.05 Å². The number of fused-ring (bicyclic) bond motifs is 1. The van der Waals surface area contributed by atoms with Crippen molar-refractivity contribution in [3.8, 4) is 0 Å². The first kappa shape index (κ1) is 14.6. The van der Waals surface area contributed by atoms with E-state index in [4.69, 9.17) is 11.6 Å². The van der Waals surface area contributed by atoms with Gasteiger partial charge >= 0.3 is 0 Å². The van der Waals surface area contributed by atoms with E-state index in [2.05, 4.69) is 20.5 Å². The van der Waals surface area contributed by atoms with Gasteiger partial charge in [0.25, 0.3) is 0 Å². The summed E-state index contributed by atoms with van der Waals surface area (Å²) in [6.07, 6.45) is 3.75. The first-order chi connectivity index (χ1) is 10.5. The Morgan fingerprint density at radius 1 is 1.50 bits per heavy atom. The summed E-state index contributed by atoms with van der Waals surface area (Å²) in [6, 6.07) is 5.39. The molecule has 0 saturated carbocycles. The number of aryl methyl sites for hydroxylation is 1. The minimum Gasteiger partial charge on any atom is -0.361 e. The maximum absolute atomic E-state index is 12.2. The molecule has 1 aromatic carbocycles. The largest absolute Gasteiger partial charge is 0.361 e. The van der Waals surface area contributed by atoms with Gasteiger partial charge in [-0.15, -0.1) is 10.2 Å². The zero-order valence-corrected chi connectivity index (χ0v) is 13.1. The third-order valence-electron chi connectivity index (χ3n) is 3.59. The third-order valence-corrected chi connectivity index (χ3v) is 3.83. The molecular formula is C15H16ClN5O. The van der Waals surface area contributed by atoms with E-state index in [1.165, 1.54) is 0 Å². The van der Waals surface area contributed by atoms with E-state index >= 15 is 0 Å². The van der Waals surface area contributed by atoms with Crippen LogP contribution < -0.4 is 5.32 Å². The first-order valence-corrected chi connectivity index (χ1v) is 7.31. The van der Waals surface area contributed by atoms with Crippen LogP contribution in [-0.4, -0.2) is 25.7 Å². The number of nitrogens with one attached hydrogen (secondary N) is 2. The van der Waals surface area contributed by atoms with Gasteiger partial charge in [-0.25, -0.2) is 0 Å². The average Bonchev–Trinajstić information content (AvgIpc) is 3.05. The fourth-order valence-electron chi connectivity index (χ4n) is 2.52. The Bertz CT molecular complexity index is 822. The molecule has 0 aliphatic carbocycles. The molecule has 114 valence electrons. The standard InChI is InChI=1S/C15H16ClN5O/c1-9(15-20-18-8-21(15)2)19-14(22)5-10-7-17-13-6-11(16)3-4-12(10)13/h3-4,6-9,17H,5H2,1-2H3,(H,19,22). The molecule has 0 bridgehead atoms. The Morgan fingerprint density at radius 3 is 3.05 bits per heavy atom. The number of carbonyl (C=O) groups excluding carboxylic acids is 1. The summed E-state index contributed by atoms with van der Waals surface area (Å²) in [4.78, 5) is 15.4. The summed E-state index contributed by atoms with van der Waals surface area (Å²) >= 11 is 5.96. The number of nitrogens with zero attached hydrogens (tertiary/aromatic N) is 3. The predicted molar refractivity (Wildman–Crippen MR) is 84.6 cm³/mol. The summed E-state index contributed by atoms with van der Waals surface area (Å²) in [5.41, 5.74) is 1.87. The lowest BCUT2D eigenvalue weighted by Crippen LogP contribution is -2.29. The second kappa shape index (κ2) is 5.81. The van der Waals surface area contributed by atoms with E-state index in [1.54, 1.807) is 10.9 Å². The highest BCUT2D eigenvalue weighted by atomic mass is 35.5. The Kier molecular flexibility index (Phi) is 3.85. The molecule has 22 heavy (non-hydrogen) atoms. The van der Waals surface area contributed by atoms with E-state index in [-0.39, 0.29) is 11.9 Å². The average molecular weight is 318 g/mol. The quantitative estimate of drug-likeness (QED) is 0.775. The number of amides is 1. The topological polar surface area (TPSA) is 75.6 Å². The Hall–Kier alpha value is -2.34. The van der Waals surface area contributed by atoms with Crippen LogP contribution >= 0.6 is 11.6 Å². The van der Waals surface area contributed by atoms with Crippen LogP contribution in [0, 0.1) is 0 Å². The van der Waals surface area contributed by atoms with Crippen molar-refractivity contribution in [1.82, 2.24) is 25.1 Å². The number of carbonyl (C=O) groups is 1. The molecule has 3 rings (SSSR count). The zero-order chi connectivity index (χ0) is 15.7. The van der Waals surface area contributed by atoms with Gasteiger partial charge < -0.3 is 14.9 Å². The monoisotopic (exact) mass is 317 g/mol. The van der Waals surface area contributed by atoms with Crippen molar-refractivity contribution in [3.05, 3.63) is 47.1 Å². The van der Waals surface area contributed by atoms with Gasteiger partial charge in [-0.2, -0.15) is 0 Å². The number of rotatable bonds is 4. The molecule has 3 aromatic rings. The Morgan fingerprint density at radius 2 is 2.32 bits per heavy atom. The summed E-state index contributed by atoms with van der Waals surface area (Å²) in [6.45, 7) is 1.89. The van der Waals surface area contributed by atoms with Gasteiger partial charge in [-0.05, 0) is 24.6 Å². The van der Waals surface area contributed by atoms with Crippen LogP contribution in [0.25, 0.3) is 10.9 Å². The van der Waals surface area contributed by atoms with Crippen LogP contribution in [0.4, 0.5) is 0 Å². The molecule has 1 unspecified atom stereocenters. The van der Waals surface area contributed by atoms with Gasteiger partial charge in [0.2, 0.25) is 5.91 Å². The van der Waals surface area contributed by atoms with Gasteiger partial charge in [0.1, 0.15) is 6.33 Å². The van der Waals surface area contributed by atoms with Crippen molar-refractivity contribution in [3.63, 3.8) is 0 Å². The minimum atomic E-state index is -0.195. The third kappa shape index (κ3) is 2.82. The second-order valence-electron chi connectivity index (χ2n) is 5.27. The van der Waals surface area contributed by atoms with E-state index in [9.17, 15) is 4.79 Å². The second-order valence-corrected chi connectivity index (χ2v) is 5.71. The lowest BCUT2D eigenvalue weighted by Gasteiger charge is -2.12. The highest BCUT2D eigenvalue weighted by Gasteiger charge is 2.15. The molecular weight excluding hydrogens is 302 g/mol. The smallest absolute Gasteiger partial charge is 0.225 e. The number of H-pyrrole nitrogens is 1. The van der Waals surface area contributed by atoms with Crippen molar-refractivity contribution in [1.29, 1.82) is 0 Å². The van der Waals surface area contributed by atoms with Crippen LogP contribution in [0.3, 0.4) is 0 Å². The molecule has 0 saturated heterocycles. The maximum Gasteiger partial charge on any atom is 0.225 e. The number of halogens is 1. The van der Waals surface area contributed by atoms with Gasteiger partial charge in [-0.3, -0.25) is 4.79 Å². The van der Waals surface area contributed by atoms with E-state index in [0.29, 0.717) is 11.4 Å². The number of aromatic amines is 1. The van der Waals surface area contributed by atoms with Crippen molar-refractivity contribution in [2.75, 3.05) is 0 Å². The van der Waals surface area contributed by atoms with Gasteiger partial charge in [0.05, 0.1) is 12.5 Å². The lowest BCUT2D eigenvalue weighted by molar-refractivity contribution is -0.121. The highest BCUT2D eigenvalue weighted by molar-refractivity contribution is 6.31. The van der Waals surface area contributed by atoms with Crippen LogP contribution in [-0.2, 0) is 18.3 Å². The Balaban J connectivity index is 1.72. The molecule has 0 aliphatic rings. The normalized spacial score (nSPS) is 12.5. The lowest BCUT2D eigenvalue weighted by atomic mass is 10.1. The fraction of sp³-hybridized carbons (Fsp3) is 0.267. The molecule has 6 nitrogen and oxygen atoms in total. The molecule has 2 heterocycles. The van der Waals surface area contributed by atoms with Crippen molar-refractivity contribution < 1.29 is 4.79 Å². The van der Waals surface area contributed by atoms with E-state index in [0.717, 1.165) is 22.3 Å². The van der Waals surface area contributed by atoms with Crippen LogP contribution in [0.2, 0.25) is 5.02 Å². The summed E-state index contributed by atoms with van der Waals surface area (Å²) in [5, 5.41) is 12.4. The highest BCUT2D eigenvalue weighted by Crippen LogP contribution is 2.22. The molecule has 1 amide bonds. The van der Waals surface area contributed by atoms with Crippen LogP contribution in [0.15, 0.2) is 30.7 Å². The predicted octanol–water partition coefficient (Wildman–Crippen LogP) is 2.37. The molecule has 2 N–H and O–H groups in total. The van der Waals surface area contributed by atoms with Crippen LogP contribution in [0.5, 0.6) is 0 Å². The molecule has 2 aromatic heterocycles. The summed E-state index contributed by atoms with van der Waals surface area (Å²) < 4.78 is 1.79. The molecule has 1 atom stereocenters. The van der Waals surface area contributed by atoms with Gasteiger partial charge in [-0.1, -0.05) is 17.7 Å². The SMILES string of the molecule is CC(NC(=O)Cc1c[nH]c2cc(Cl)ccc12)c1nncn1C. The minimum absolute atomic E-state index is 0.0636. The Labute approximate surface area is 132 Å². The molecule has 0 spiro atoms. The van der Waals surface area contributed by atoms with Gasteiger partial charge in [0, 0.05) is 29.2 Å². The van der Waals surface area contributed by atoms with Crippen molar-refractivity contribution >= 4 is 28.4 Å². The van der Waals surface area contributed by atoms with E-state index < -0.39 is 0 Å². The number of hydrogen-bond acceptors (Lipinski definition) is 3.